The molecule has 0 aliphatic carbocycles. The summed E-state index contributed by atoms with van der Waals surface area (Å²) in [5, 5.41) is 3.41. The predicted octanol–water partition coefficient (Wildman–Crippen LogP) is 3.09. The minimum atomic E-state index is 0.859. The summed E-state index contributed by atoms with van der Waals surface area (Å²) >= 11 is 1.77. The maximum Gasteiger partial charge on any atom is 0.0312 e. The van der Waals surface area contributed by atoms with Gasteiger partial charge in [0.2, 0.25) is 0 Å². The van der Waals surface area contributed by atoms with E-state index in [0.29, 0.717) is 0 Å². The zero-order valence-electron chi connectivity index (χ0n) is 9.89. The smallest absolute Gasteiger partial charge is 0.0312 e. The number of rotatable bonds is 5. The van der Waals surface area contributed by atoms with Crippen LogP contribution in [0.4, 0.5) is 0 Å². The molecule has 0 atom stereocenters. The zero-order valence-corrected chi connectivity index (χ0v) is 10.7. The molecule has 0 spiro atoms. The van der Waals surface area contributed by atoms with Crippen LogP contribution in [-0.2, 0) is 13.1 Å². The van der Waals surface area contributed by atoms with Gasteiger partial charge in [0.1, 0.15) is 0 Å². The van der Waals surface area contributed by atoms with Gasteiger partial charge >= 0.3 is 0 Å². The van der Waals surface area contributed by atoms with Crippen LogP contribution in [0.5, 0.6) is 0 Å². The molecule has 88 valence electrons. The lowest BCUT2D eigenvalue weighted by molar-refractivity contribution is 0.691. The van der Waals surface area contributed by atoms with Crippen molar-refractivity contribution in [2.75, 3.05) is 6.26 Å². The van der Waals surface area contributed by atoms with Gasteiger partial charge in [-0.3, -0.25) is 4.98 Å². The Morgan fingerprint density at radius 1 is 1.06 bits per heavy atom. The van der Waals surface area contributed by atoms with Crippen molar-refractivity contribution in [3.63, 3.8) is 0 Å². The molecule has 0 fully saturated rings. The summed E-state index contributed by atoms with van der Waals surface area (Å²) in [6, 6.07) is 12.7. The van der Waals surface area contributed by atoms with Crippen LogP contribution in [0.3, 0.4) is 0 Å². The Hall–Kier alpha value is -1.32. The molecular weight excluding hydrogens is 228 g/mol. The van der Waals surface area contributed by atoms with Crippen molar-refractivity contribution >= 4 is 11.8 Å². The molecule has 3 heteroatoms. The van der Waals surface area contributed by atoms with Crippen LogP contribution in [0.2, 0.25) is 0 Å². The van der Waals surface area contributed by atoms with Gasteiger partial charge in [0.15, 0.2) is 0 Å². The summed E-state index contributed by atoms with van der Waals surface area (Å²) in [6.07, 6.45) is 5.78. The molecule has 0 aliphatic rings. The first-order valence-electron chi connectivity index (χ1n) is 5.61. The SMILES string of the molecule is CSc1ccc(CNCc2cccnc2)cc1. The van der Waals surface area contributed by atoms with E-state index in [9.17, 15) is 0 Å². The van der Waals surface area contributed by atoms with Gasteiger partial charge in [-0.05, 0) is 35.6 Å². The molecule has 2 aromatic rings. The van der Waals surface area contributed by atoms with Gasteiger partial charge in [-0.1, -0.05) is 18.2 Å². The Morgan fingerprint density at radius 2 is 1.82 bits per heavy atom. The number of nitrogens with zero attached hydrogens (tertiary/aromatic N) is 1. The summed E-state index contributed by atoms with van der Waals surface area (Å²) in [6.45, 7) is 1.75. The normalized spacial score (nSPS) is 10.4. The standard InChI is InChI=1S/C14H16N2S/c1-17-14-6-4-12(5-7-14)9-16-11-13-3-2-8-15-10-13/h2-8,10,16H,9,11H2,1H3. The Kier molecular flexibility index (Phi) is 4.59. The lowest BCUT2D eigenvalue weighted by Gasteiger charge is -2.05. The van der Waals surface area contributed by atoms with Crippen molar-refractivity contribution in [3.05, 3.63) is 59.9 Å². The second kappa shape index (κ2) is 6.42. The number of hydrogen-bond donors (Lipinski definition) is 1. The van der Waals surface area contributed by atoms with Crippen LogP contribution in [0.15, 0.2) is 53.7 Å². The van der Waals surface area contributed by atoms with Crippen LogP contribution in [0, 0.1) is 0 Å². The third-order valence-electron chi connectivity index (χ3n) is 2.54. The molecule has 2 rings (SSSR count). The summed E-state index contributed by atoms with van der Waals surface area (Å²) in [4.78, 5) is 5.40. The summed E-state index contributed by atoms with van der Waals surface area (Å²) < 4.78 is 0. The van der Waals surface area contributed by atoms with Gasteiger partial charge in [-0.25, -0.2) is 0 Å². The quantitative estimate of drug-likeness (QED) is 0.818. The van der Waals surface area contributed by atoms with E-state index < -0.39 is 0 Å². The zero-order chi connectivity index (χ0) is 11.9. The molecule has 0 saturated heterocycles. The summed E-state index contributed by atoms with van der Waals surface area (Å²) in [7, 11) is 0. The first kappa shape index (κ1) is 12.1. The molecule has 0 bridgehead atoms. The molecular formula is C14H16N2S. The van der Waals surface area contributed by atoms with Gasteiger partial charge in [0.05, 0.1) is 0 Å². The number of benzene rings is 1. The number of pyridine rings is 1. The fourth-order valence-electron chi connectivity index (χ4n) is 1.60. The molecule has 1 aromatic heterocycles. The lowest BCUT2D eigenvalue weighted by Crippen LogP contribution is -2.12. The molecule has 1 aromatic carbocycles. The molecule has 0 aliphatic heterocycles. The van der Waals surface area contributed by atoms with E-state index in [2.05, 4.69) is 46.9 Å². The molecule has 0 amide bonds. The largest absolute Gasteiger partial charge is 0.309 e. The highest BCUT2D eigenvalue weighted by Gasteiger charge is 1.95. The fraction of sp³-hybridized carbons (Fsp3) is 0.214. The number of hydrogen-bond acceptors (Lipinski definition) is 3. The molecule has 1 heterocycles. The van der Waals surface area contributed by atoms with Crippen molar-refractivity contribution in [3.8, 4) is 0 Å². The Balaban J connectivity index is 1.82. The first-order valence-corrected chi connectivity index (χ1v) is 6.83. The molecule has 1 N–H and O–H groups in total. The van der Waals surface area contributed by atoms with Gasteiger partial charge in [0, 0.05) is 30.4 Å². The highest BCUT2D eigenvalue weighted by molar-refractivity contribution is 7.98. The van der Waals surface area contributed by atoms with Crippen molar-refractivity contribution in [2.45, 2.75) is 18.0 Å². The van der Waals surface area contributed by atoms with Crippen LogP contribution in [0.25, 0.3) is 0 Å². The van der Waals surface area contributed by atoms with Crippen LogP contribution in [-0.4, -0.2) is 11.2 Å². The van der Waals surface area contributed by atoms with E-state index in [1.165, 1.54) is 16.0 Å². The monoisotopic (exact) mass is 244 g/mol. The van der Waals surface area contributed by atoms with Gasteiger partial charge < -0.3 is 5.32 Å². The molecule has 0 radical (unpaired) electrons. The van der Waals surface area contributed by atoms with Crippen molar-refractivity contribution in [1.82, 2.24) is 10.3 Å². The molecule has 2 nitrogen and oxygen atoms in total. The highest BCUT2D eigenvalue weighted by atomic mass is 32.2. The second-order valence-corrected chi connectivity index (χ2v) is 4.69. The van der Waals surface area contributed by atoms with Crippen molar-refractivity contribution in [1.29, 1.82) is 0 Å². The number of nitrogens with one attached hydrogen (secondary N) is 1. The average Bonchev–Trinajstić information content (AvgIpc) is 2.41. The third-order valence-corrected chi connectivity index (χ3v) is 3.28. The van der Waals surface area contributed by atoms with E-state index in [1.54, 1.807) is 18.0 Å². The Labute approximate surface area is 106 Å². The minimum absolute atomic E-state index is 0.859. The first-order chi connectivity index (χ1) is 8.38. The second-order valence-electron chi connectivity index (χ2n) is 3.81. The van der Waals surface area contributed by atoms with Crippen LogP contribution in [0.1, 0.15) is 11.1 Å². The lowest BCUT2D eigenvalue weighted by atomic mass is 10.2. The highest BCUT2D eigenvalue weighted by Crippen LogP contribution is 2.14. The predicted molar refractivity (Wildman–Crippen MR) is 73.0 cm³/mol. The van der Waals surface area contributed by atoms with Gasteiger partial charge in [-0.2, -0.15) is 0 Å². The Morgan fingerprint density at radius 3 is 2.47 bits per heavy atom. The van der Waals surface area contributed by atoms with Crippen molar-refractivity contribution in [2.24, 2.45) is 0 Å². The van der Waals surface area contributed by atoms with Gasteiger partial charge in [0.25, 0.3) is 0 Å². The molecule has 0 saturated carbocycles. The third kappa shape index (κ3) is 3.88. The van der Waals surface area contributed by atoms with Gasteiger partial charge in [-0.15, -0.1) is 11.8 Å². The molecule has 0 unspecified atom stereocenters. The van der Waals surface area contributed by atoms with Crippen molar-refractivity contribution < 1.29 is 0 Å². The van der Waals surface area contributed by atoms with E-state index in [1.807, 2.05) is 12.3 Å². The number of aromatic nitrogens is 1. The maximum absolute atomic E-state index is 4.09. The average molecular weight is 244 g/mol. The van der Waals surface area contributed by atoms with E-state index in [-0.39, 0.29) is 0 Å². The van der Waals surface area contributed by atoms with Crippen LogP contribution < -0.4 is 5.32 Å². The molecule has 17 heavy (non-hydrogen) atoms. The van der Waals surface area contributed by atoms with Crippen LogP contribution >= 0.6 is 11.8 Å². The topological polar surface area (TPSA) is 24.9 Å². The fourth-order valence-corrected chi connectivity index (χ4v) is 2.01. The van der Waals surface area contributed by atoms with E-state index in [4.69, 9.17) is 0 Å². The van der Waals surface area contributed by atoms with E-state index in [0.717, 1.165) is 13.1 Å². The van der Waals surface area contributed by atoms with E-state index >= 15 is 0 Å². The summed E-state index contributed by atoms with van der Waals surface area (Å²) in [5.41, 5.74) is 2.53. The number of thioether (sulfide) groups is 1. The maximum atomic E-state index is 4.09. The minimum Gasteiger partial charge on any atom is -0.309 e. The summed E-state index contributed by atoms with van der Waals surface area (Å²) in [5.74, 6) is 0. The Bertz CT molecular complexity index is 440.